The van der Waals surface area contributed by atoms with E-state index in [9.17, 15) is 0 Å². The molecule has 1 atom stereocenters. The van der Waals surface area contributed by atoms with Crippen LogP contribution in [-0.2, 0) is 0 Å². The zero-order valence-electron chi connectivity index (χ0n) is 11.4. The molecule has 2 rings (SSSR count). The molecule has 0 aliphatic heterocycles. The number of halogens is 1. The van der Waals surface area contributed by atoms with Crippen LogP contribution in [0.3, 0.4) is 0 Å². The number of fused-ring (bicyclic) bond motifs is 1. The van der Waals surface area contributed by atoms with Crippen LogP contribution < -0.4 is 5.32 Å². The quantitative estimate of drug-likeness (QED) is 0.761. The van der Waals surface area contributed by atoms with Crippen molar-refractivity contribution in [1.82, 2.24) is 19.9 Å². The van der Waals surface area contributed by atoms with Gasteiger partial charge >= 0.3 is 0 Å². The first-order valence-electron chi connectivity index (χ1n) is 6.85. The van der Waals surface area contributed by atoms with Crippen LogP contribution in [0.5, 0.6) is 0 Å². The van der Waals surface area contributed by atoms with Crippen LogP contribution >= 0.6 is 11.6 Å². The highest BCUT2D eigenvalue weighted by molar-refractivity contribution is 6.28. The van der Waals surface area contributed by atoms with Crippen molar-refractivity contribution in [3.63, 3.8) is 0 Å². The predicted molar refractivity (Wildman–Crippen MR) is 78.5 cm³/mol. The van der Waals surface area contributed by atoms with Gasteiger partial charge in [0, 0.05) is 6.54 Å². The zero-order valence-corrected chi connectivity index (χ0v) is 12.2. The molecule has 0 fully saturated rings. The van der Waals surface area contributed by atoms with E-state index in [4.69, 9.17) is 11.6 Å². The Morgan fingerprint density at radius 3 is 2.95 bits per heavy atom. The number of aromatic nitrogens is 4. The van der Waals surface area contributed by atoms with E-state index < -0.39 is 0 Å². The third-order valence-corrected chi connectivity index (χ3v) is 3.53. The second kappa shape index (κ2) is 6.70. The molecule has 1 unspecified atom stereocenters. The molecular weight excluding hydrogens is 262 g/mol. The monoisotopic (exact) mass is 281 g/mol. The van der Waals surface area contributed by atoms with Gasteiger partial charge in [0.2, 0.25) is 5.28 Å². The molecule has 0 radical (unpaired) electrons. The van der Waals surface area contributed by atoms with Crippen LogP contribution in [0, 0.1) is 5.92 Å². The lowest BCUT2D eigenvalue weighted by atomic mass is 9.99. The molecular formula is C13H20ClN5. The van der Waals surface area contributed by atoms with Gasteiger partial charge in [-0.25, -0.2) is 4.98 Å². The Morgan fingerprint density at radius 1 is 1.37 bits per heavy atom. The average Bonchev–Trinajstić information content (AvgIpc) is 2.86. The maximum absolute atomic E-state index is 5.90. The molecule has 0 aliphatic carbocycles. The number of hydrogen-bond donors (Lipinski definition) is 2. The summed E-state index contributed by atoms with van der Waals surface area (Å²) in [6, 6.07) is 0. The molecule has 2 aromatic heterocycles. The standard InChI is InChI=1S/C13H20ClN5/c1-3-5-6-9(4-2)7-15-11-10-12(17-8-16-10)19-13(14)18-11/h8-9H,3-7H2,1-2H3,(H2,15,16,17,18,19). The van der Waals surface area contributed by atoms with Gasteiger partial charge in [-0.15, -0.1) is 0 Å². The normalized spacial score (nSPS) is 12.8. The fourth-order valence-electron chi connectivity index (χ4n) is 2.12. The fourth-order valence-corrected chi connectivity index (χ4v) is 2.28. The smallest absolute Gasteiger partial charge is 0.226 e. The SMILES string of the molecule is CCCCC(CC)CNc1nc(Cl)nc2nc[nH]c12. The molecule has 0 aromatic carbocycles. The Kier molecular flexibility index (Phi) is 4.96. The largest absolute Gasteiger partial charge is 0.368 e. The molecule has 0 amide bonds. The van der Waals surface area contributed by atoms with Crippen molar-refractivity contribution in [2.24, 2.45) is 5.92 Å². The minimum absolute atomic E-state index is 0.226. The zero-order chi connectivity index (χ0) is 13.7. The van der Waals surface area contributed by atoms with Crippen molar-refractivity contribution >= 4 is 28.6 Å². The molecule has 5 nitrogen and oxygen atoms in total. The van der Waals surface area contributed by atoms with Crippen molar-refractivity contribution < 1.29 is 0 Å². The number of nitrogens with one attached hydrogen (secondary N) is 2. The molecule has 0 bridgehead atoms. The molecule has 2 heterocycles. The molecule has 19 heavy (non-hydrogen) atoms. The van der Waals surface area contributed by atoms with E-state index in [1.165, 1.54) is 19.3 Å². The first kappa shape index (κ1) is 14.1. The van der Waals surface area contributed by atoms with E-state index in [0.29, 0.717) is 11.6 Å². The number of anilines is 1. The Bertz CT molecular complexity index is 525. The molecule has 0 spiro atoms. The van der Waals surface area contributed by atoms with Gasteiger partial charge < -0.3 is 10.3 Å². The van der Waals surface area contributed by atoms with E-state index in [-0.39, 0.29) is 5.28 Å². The van der Waals surface area contributed by atoms with Crippen molar-refractivity contribution in [2.75, 3.05) is 11.9 Å². The van der Waals surface area contributed by atoms with Crippen LogP contribution in [0.1, 0.15) is 39.5 Å². The number of imidazole rings is 1. The van der Waals surface area contributed by atoms with Crippen molar-refractivity contribution in [1.29, 1.82) is 0 Å². The van der Waals surface area contributed by atoms with Gasteiger partial charge in [0.05, 0.1) is 6.33 Å². The summed E-state index contributed by atoms with van der Waals surface area (Å²) in [5, 5.41) is 3.59. The van der Waals surface area contributed by atoms with Gasteiger partial charge in [0.15, 0.2) is 11.5 Å². The summed E-state index contributed by atoms with van der Waals surface area (Å²) >= 11 is 5.90. The van der Waals surface area contributed by atoms with Crippen molar-refractivity contribution in [3.8, 4) is 0 Å². The van der Waals surface area contributed by atoms with Gasteiger partial charge in [-0.05, 0) is 23.9 Å². The molecule has 0 saturated heterocycles. The lowest BCUT2D eigenvalue weighted by Gasteiger charge is -2.15. The minimum atomic E-state index is 0.226. The van der Waals surface area contributed by atoms with Crippen LogP contribution in [0.2, 0.25) is 5.28 Å². The Labute approximate surface area is 118 Å². The van der Waals surface area contributed by atoms with E-state index in [1.54, 1.807) is 6.33 Å². The number of hydrogen-bond acceptors (Lipinski definition) is 4. The topological polar surface area (TPSA) is 66.5 Å². The highest BCUT2D eigenvalue weighted by Gasteiger charge is 2.11. The molecule has 104 valence electrons. The number of aromatic amines is 1. The van der Waals surface area contributed by atoms with Gasteiger partial charge in [0.1, 0.15) is 5.52 Å². The first-order chi connectivity index (χ1) is 9.24. The molecule has 2 aromatic rings. The summed E-state index contributed by atoms with van der Waals surface area (Å²) in [4.78, 5) is 15.4. The lowest BCUT2D eigenvalue weighted by molar-refractivity contribution is 0.472. The van der Waals surface area contributed by atoms with Crippen molar-refractivity contribution in [2.45, 2.75) is 39.5 Å². The molecule has 2 N–H and O–H groups in total. The summed E-state index contributed by atoms with van der Waals surface area (Å²) in [6.45, 7) is 5.34. The highest BCUT2D eigenvalue weighted by Crippen LogP contribution is 2.20. The molecule has 6 heteroatoms. The number of unbranched alkanes of at least 4 members (excludes halogenated alkanes) is 1. The average molecular weight is 282 g/mol. The molecule has 0 saturated carbocycles. The number of H-pyrrole nitrogens is 1. The van der Waals surface area contributed by atoms with E-state index in [0.717, 1.165) is 24.3 Å². The second-order valence-electron chi connectivity index (χ2n) is 4.74. The van der Waals surface area contributed by atoms with Crippen LogP contribution in [0.25, 0.3) is 11.2 Å². The lowest BCUT2D eigenvalue weighted by Crippen LogP contribution is -2.15. The first-order valence-corrected chi connectivity index (χ1v) is 7.22. The van der Waals surface area contributed by atoms with E-state index >= 15 is 0 Å². The highest BCUT2D eigenvalue weighted by atomic mass is 35.5. The maximum Gasteiger partial charge on any atom is 0.226 e. The van der Waals surface area contributed by atoms with Gasteiger partial charge in [-0.3, -0.25) is 0 Å². The second-order valence-corrected chi connectivity index (χ2v) is 5.08. The molecule has 0 aliphatic rings. The van der Waals surface area contributed by atoms with Gasteiger partial charge in [0.25, 0.3) is 0 Å². The Hall–Kier alpha value is -1.36. The van der Waals surface area contributed by atoms with E-state index in [1.807, 2.05) is 0 Å². The summed E-state index contributed by atoms with van der Waals surface area (Å²) in [7, 11) is 0. The van der Waals surface area contributed by atoms with E-state index in [2.05, 4.69) is 39.1 Å². The Balaban J connectivity index is 2.06. The summed E-state index contributed by atoms with van der Waals surface area (Å²) in [5.74, 6) is 1.40. The summed E-state index contributed by atoms with van der Waals surface area (Å²) in [5.41, 5.74) is 1.42. The van der Waals surface area contributed by atoms with Gasteiger partial charge in [-0.2, -0.15) is 9.97 Å². The maximum atomic E-state index is 5.90. The number of rotatable bonds is 7. The van der Waals surface area contributed by atoms with Crippen LogP contribution in [0.4, 0.5) is 5.82 Å². The third kappa shape index (κ3) is 3.56. The minimum Gasteiger partial charge on any atom is -0.368 e. The summed E-state index contributed by atoms with van der Waals surface area (Å²) < 4.78 is 0. The predicted octanol–water partition coefficient (Wildman–Crippen LogP) is 3.63. The fraction of sp³-hybridized carbons (Fsp3) is 0.615. The van der Waals surface area contributed by atoms with Gasteiger partial charge in [-0.1, -0.05) is 33.1 Å². The van der Waals surface area contributed by atoms with Crippen LogP contribution in [-0.4, -0.2) is 26.5 Å². The Morgan fingerprint density at radius 2 is 2.21 bits per heavy atom. The van der Waals surface area contributed by atoms with Crippen LogP contribution in [0.15, 0.2) is 6.33 Å². The van der Waals surface area contributed by atoms with Crippen molar-refractivity contribution in [3.05, 3.63) is 11.6 Å². The number of nitrogens with zero attached hydrogens (tertiary/aromatic N) is 3. The summed E-state index contributed by atoms with van der Waals surface area (Å²) in [6.07, 6.45) is 6.52. The third-order valence-electron chi connectivity index (χ3n) is 3.36.